The smallest absolute Gasteiger partial charge is 0.416 e. The molecule has 1 aliphatic rings. The first-order valence-corrected chi connectivity index (χ1v) is 8.02. The Kier molecular flexibility index (Phi) is 6.76. The summed E-state index contributed by atoms with van der Waals surface area (Å²) in [5.74, 6) is -1.14. The Labute approximate surface area is 145 Å². The highest BCUT2D eigenvalue weighted by Crippen LogP contribution is 2.21. The van der Waals surface area contributed by atoms with E-state index in [2.05, 4.69) is 5.32 Å². The molecule has 0 spiro atoms. The SMILES string of the molecule is COCC[C@H](CNC(=O)O)C(=O)N1C(=O)OC[C@@H]1Cc1ccccc1. The van der Waals surface area contributed by atoms with E-state index in [-0.39, 0.29) is 19.8 Å². The molecule has 2 N–H and O–H groups in total. The molecule has 1 aromatic rings. The lowest BCUT2D eigenvalue weighted by Gasteiger charge is -2.24. The van der Waals surface area contributed by atoms with Crippen molar-refractivity contribution in [1.29, 1.82) is 0 Å². The van der Waals surface area contributed by atoms with Crippen LogP contribution in [0.1, 0.15) is 12.0 Å². The second-order valence-electron chi connectivity index (χ2n) is 5.79. The molecule has 2 rings (SSSR count). The molecule has 2 atom stereocenters. The molecular formula is C17H22N2O6. The fourth-order valence-corrected chi connectivity index (χ4v) is 2.75. The van der Waals surface area contributed by atoms with E-state index in [0.717, 1.165) is 10.5 Å². The average Bonchev–Trinajstić information content (AvgIpc) is 2.95. The van der Waals surface area contributed by atoms with Crippen LogP contribution in [0.25, 0.3) is 0 Å². The van der Waals surface area contributed by atoms with Crippen molar-refractivity contribution in [2.75, 3.05) is 26.9 Å². The van der Waals surface area contributed by atoms with Gasteiger partial charge < -0.3 is 19.9 Å². The van der Waals surface area contributed by atoms with E-state index < -0.39 is 30.1 Å². The molecule has 0 bridgehead atoms. The average molecular weight is 350 g/mol. The lowest BCUT2D eigenvalue weighted by molar-refractivity contribution is -0.133. The summed E-state index contributed by atoms with van der Waals surface area (Å²) in [5, 5.41) is 11.0. The standard InChI is InChI=1S/C17H22N2O6/c1-24-8-7-13(10-18-16(21)22)15(20)19-14(11-25-17(19)23)9-12-5-3-2-4-6-12/h2-6,13-14,18H,7-11H2,1H3,(H,21,22)/t13-,14+/m1/s1. The van der Waals surface area contributed by atoms with Crippen LogP contribution in [0, 0.1) is 5.92 Å². The number of carboxylic acid groups (broad SMARTS) is 1. The van der Waals surface area contributed by atoms with E-state index >= 15 is 0 Å². The molecule has 3 amide bonds. The highest BCUT2D eigenvalue weighted by Gasteiger charge is 2.40. The molecule has 1 saturated heterocycles. The molecule has 8 nitrogen and oxygen atoms in total. The number of carbonyl (C=O) groups is 3. The van der Waals surface area contributed by atoms with Crippen molar-refractivity contribution >= 4 is 18.1 Å². The summed E-state index contributed by atoms with van der Waals surface area (Å²) in [6.07, 6.45) is -1.12. The molecule has 1 fully saturated rings. The number of amides is 3. The van der Waals surface area contributed by atoms with Gasteiger partial charge in [0, 0.05) is 20.3 Å². The number of nitrogens with zero attached hydrogens (tertiary/aromatic N) is 1. The van der Waals surface area contributed by atoms with Crippen molar-refractivity contribution in [3.05, 3.63) is 35.9 Å². The maximum atomic E-state index is 12.8. The number of benzene rings is 1. The van der Waals surface area contributed by atoms with E-state index in [1.165, 1.54) is 7.11 Å². The van der Waals surface area contributed by atoms with Crippen molar-refractivity contribution in [2.45, 2.75) is 18.9 Å². The zero-order chi connectivity index (χ0) is 18.2. The summed E-state index contributed by atoms with van der Waals surface area (Å²) >= 11 is 0. The molecule has 0 saturated carbocycles. The van der Waals surface area contributed by atoms with E-state index in [4.69, 9.17) is 14.6 Å². The lowest BCUT2D eigenvalue weighted by Crippen LogP contribution is -2.46. The first kappa shape index (κ1) is 18.7. The predicted octanol–water partition coefficient (Wildman–Crippen LogP) is 1.50. The Morgan fingerprint density at radius 3 is 2.76 bits per heavy atom. The number of hydrogen-bond acceptors (Lipinski definition) is 5. The minimum atomic E-state index is -1.22. The van der Waals surface area contributed by atoms with Gasteiger partial charge in [-0.25, -0.2) is 14.5 Å². The van der Waals surface area contributed by atoms with Gasteiger partial charge in [-0.3, -0.25) is 4.79 Å². The second kappa shape index (κ2) is 9.03. The van der Waals surface area contributed by atoms with Crippen LogP contribution in [0.15, 0.2) is 30.3 Å². The summed E-state index contributed by atoms with van der Waals surface area (Å²) in [4.78, 5) is 36.7. The van der Waals surface area contributed by atoms with Gasteiger partial charge in [0.05, 0.1) is 12.0 Å². The molecule has 1 aromatic carbocycles. The Hall–Kier alpha value is -2.61. The molecule has 0 aliphatic carbocycles. The van der Waals surface area contributed by atoms with Gasteiger partial charge in [-0.2, -0.15) is 0 Å². The maximum Gasteiger partial charge on any atom is 0.416 e. The van der Waals surface area contributed by atoms with Crippen molar-refractivity contribution in [3.8, 4) is 0 Å². The van der Waals surface area contributed by atoms with E-state index in [0.29, 0.717) is 12.8 Å². The molecular weight excluding hydrogens is 328 g/mol. The molecule has 25 heavy (non-hydrogen) atoms. The molecule has 0 aromatic heterocycles. The fraction of sp³-hybridized carbons (Fsp3) is 0.471. The largest absolute Gasteiger partial charge is 0.465 e. The topological polar surface area (TPSA) is 105 Å². The van der Waals surface area contributed by atoms with Crippen LogP contribution >= 0.6 is 0 Å². The third-order valence-corrected chi connectivity index (χ3v) is 4.03. The molecule has 0 unspecified atom stereocenters. The monoisotopic (exact) mass is 350 g/mol. The second-order valence-corrected chi connectivity index (χ2v) is 5.79. The number of cyclic esters (lactones) is 1. The maximum absolute atomic E-state index is 12.8. The Bertz CT molecular complexity index is 606. The Morgan fingerprint density at radius 1 is 1.40 bits per heavy atom. The number of ether oxygens (including phenoxy) is 2. The van der Waals surface area contributed by atoms with Crippen LogP contribution in [0.3, 0.4) is 0 Å². The summed E-state index contributed by atoms with van der Waals surface area (Å²) in [6, 6.07) is 9.09. The van der Waals surface area contributed by atoms with Crippen LogP contribution in [-0.2, 0) is 20.7 Å². The minimum absolute atomic E-state index is 0.0840. The van der Waals surface area contributed by atoms with Gasteiger partial charge in [-0.1, -0.05) is 30.3 Å². The first-order chi connectivity index (χ1) is 12.0. The summed E-state index contributed by atoms with van der Waals surface area (Å²) in [6.45, 7) is 0.326. The first-order valence-electron chi connectivity index (χ1n) is 8.02. The predicted molar refractivity (Wildman–Crippen MR) is 88.1 cm³/mol. The molecule has 8 heteroatoms. The number of methoxy groups -OCH3 is 1. The highest BCUT2D eigenvalue weighted by atomic mass is 16.6. The number of imide groups is 1. The van der Waals surface area contributed by atoms with Crippen molar-refractivity contribution in [2.24, 2.45) is 5.92 Å². The summed E-state index contributed by atoms with van der Waals surface area (Å²) in [5.41, 5.74) is 0.987. The van der Waals surface area contributed by atoms with Crippen LogP contribution in [0.4, 0.5) is 9.59 Å². The van der Waals surface area contributed by atoms with Gasteiger partial charge in [0.25, 0.3) is 0 Å². The Morgan fingerprint density at radius 2 is 2.12 bits per heavy atom. The van der Waals surface area contributed by atoms with Gasteiger partial charge in [-0.05, 0) is 18.4 Å². The minimum Gasteiger partial charge on any atom is -0.465 e. The van der Waals surface area contributed by atoms with Crippen LogP contribution in [-0.4, -0.2) is 61.0 Å². The van der Waals surface area contributed by atoms with E-state index in [1.54, 1.807) is 0 Å². The molecule has 136 valence electrons. The number of nitrogens with one attached hydrogen (secondary N) is 1. The number of carbonyl (C=O) groups excluding carboxylic acids is 2. The molecule has 0 radical (unpaired) electrons. The zero-order valence-corrected chi connectivity index (χ0v) is 14.0. The third kappa shape index (κ3) is 5.18. The van der Waals surface area contributed by atoms with E-state index in [1.807, 2.05) is 30.3 Å². The van der Waals surface area contributed by atoms with Gasteiger partial charge in [0.15, 0.2) is 0 Å². The molecule has 1 aliphatic heterocycles. The van der Waals surface area contributed by atoms with E-state index in [9.17, 15) is 14.4 Å². The quantitative estimate of drug-likeness (QED) is 0.736. The normalized spacial score (nSPS) is 17.9. The summed E-state index contributed by atoms with van der Waals surface area (Å²) < 4.78 is 10.0. The van der Waals surface area contributed by atoms with Gasteiger partial charge in [0.2, 0.25) is 5.91 Å². The van der Waals surface area contributed by atoms with Gasteiger partial charge in [-0.15, -0.1) is 0 Å². The van der Waals surface area contributed by atoms with Gasteiger partial charge in [0.1, 0.15) is 6.61 Å². The highest BCUT2D eigenvalue weighted by molar-refractivity contribution is 5.95. The summed E-state index contributed by atoms with van der Waals surface area (Å²) in [7, 11) is 1.49. The fourth-order valence-electron chi connectivity index (χ4n) is 2.75. The number of rotatable bonds is 8. The zero-order valence-electron chi connectivity index (χ0n) is 14.0. The van der Waals surface area contributed by atoms with Crippen molar-refractivity contribution in [3.63, 3.8) is 0 Å². The van der Waals surface area contributed by atoms with Crippen molar-refractivity contribution < 1.29 is 29.0 Å². The third-order valence-electron chi connectivity index (χ3n) is 4.03. The van der Waals surface area contributed by atoms with Crippen LogP contribution in [0.5, 0.6) is 0 Å². The van der Waals surface area contributed by atoms with Crippen LogP contribution in [0.2, 0.25) is 0 Å². The number of hydrogen-bond donors (Lipinski definition) is 2. The van der Waals surface area contributed by atoms with Crippen LogP contribution < -0.4 is 5.32 Å². The van der Waals surface area contributed by atoms with Crippen molar-refractivity contribution in [1.82, 2.24) is 10.2 Å². The Balaban J connectivity index is 2.10. The van der Waals surface area contributed by atoms with Gasteiger partial charge >= 0.3 is 12.2 Å². The molecule has 1 heterocycles. The lowest BCUT2D eigenvalue weighted by atomic mass is 10.0.